The highest BCUT2D eigenvalue weighted by atomic mass is 16.2. The van der Waals surface area contributed by atoms with Gasteiger partial charge in [-0.25, -0.2) is 4.79 Å². The lowest BCUT2D eigenvalue weighted by molar-refractivity contribution is -0.159. The molecule has 2 heterocycles. The molecule has 6 aliphatic rings. The summed E-state index contributed by atoms with van der Waals surface area (Å²) in [6.45, 7) is 1.16. The summed E-state index contributed by atoms with van der Waals surface area (Å²) < 4.78 is 0. The predicted molar refractivity (Wildman–Crippen MR) is 85.8 cm³/mol. The van der Waals surface area contributed by atoms with Crippen LogP contribution in [0.5, 0.6) is 0 Å². The van der Waals surface area contributed by atoms with Gasteiger partial charge in [0.15, 0.2) is 0 Å². The Morgan fingerprint density at radius 2 is 1.50 bits per heavy atom. The maximum atomic E-state index is 13.3. The van der Waals surface area contributed by atoms with Gasteiger partial charge >= 0.3 is 6.03 Å². The number of piperidine rings is 1. The molecule has 6 fully saturated rings. The monoisotopic (exact) mass is 331 g/mol. The molecule has 6 nitrogen and oxygen atoms in total. The van der Waals surface area contributed by atoms with Gasteiger partial charge in [-0.2, -0.15) is 0 Å². The molecule has 4 bridgehead atoms. The number of likely N-dealkylation sites (tertiary alicyclic amines) is 1. The van der Waals surface area contributed by atoms with E-state index < -0.39 is 11.6 Å². The summed E-state index contributed by atoms with van der Waals surface area (Å²) in [4.78, 5) is 38.8. The molecule has 0 radical (unpaired) electrons. The van der Waals surface area contributed by atoms with E-state index in [0.29, 0.717) is 31.8 Å². The molecule has 130 valence electrons. The van der Waals surface area contributed by atoms with Gasteiger partial charge in [-0.1, -0.05) is 0 Å². The quantitative estimate of drug-likeness (QED) is 0.713. The number of rotatable bonds is 1. The van der Waals surface area contributed by atoms with Crippen LogP contribution < -0.4 is 10.6 Å². The lowest BCUT2D eigenvalue weighted by Crippen LogP contribution is -2.60. The second-order valence-corrected chi connectivity index (χ2v) is 8.98. The highest BCUT2D eigenvalue weighted by molar-refractivity contribution is 6.07. The average Bonchev–Trinajstić information content (AvgIpc) is 2.80. The number of amides is 4. The number of carbonyl (C=O) groups excluding carboxylic acids is 3. The second kappa shape index (κ2) is 4.73. The van der Waals surface area contributed by atoms with Crippen molar-refractivity contribution in [1.82, 2.24) is 15.5 Å². The number of hydrogen-bond acceptors (Lipinski definition) is 3. The van der Waals surface area contributed by atoms with Gasteiger partial charge in [-0.15, -0.1) is 0 Å². The summed E-state index contributed by atoms with van der Waals surface area (Å²) in [6.07, 6.45) is 8.31. The van der Waals surface area contributed by atoms with Crippen LogP contribution in [-0.4, -0.2) is 41.4 Å². The van der Waals surface area contributed by atoms with E-state index in [2.05, 4.69) is 10.6 Å². The van der Waals surface area contributed by atoms with Crippen molar-refractivity contribution in [2.45, 2.75) is 56.9 Å². The largest absolute Gasteiger partial charge is 0.342 e. The highest BCUT2D eigenvalue weighted by Crippen LogP contribution is 2.60. The van der Waals surface area contributed by atoms with Gasteiger partial charge in [0.1, 0.15) is 5.54 Å². The molecular formula is C18H25N3O3. The lowest BCUT2D eigenvalue weighted by atomic mass is 9.49. The topological polar surface area (TPSA) is 78.5 Å². The first-order valence-corrected chi connectivity index (χ1v) is 9.41. The first-order valence-electron chi connectivity index (χ1n) is 9.41. The SMILES string of the molecule is O=C1NC(=O)C2(CCN(C(=O)C34CC5CC(CC(C5)C3)C4)CC2)N1. The van der Waals surface area contributed by atoms with E-state index in [1.165, 1.54) is 19.3 Å². The zero-order valence-electron chi connectivity index (χ0n) is 14.0. The molecule has 4 amide bonds. The molecule has 0 atom stereocenters. The summed E-state index contributed by atoms with van der Waals surface area (Å²) in [6, 6.07) is -0.402. The van der Waals surface area contributed by atoms with E-state index in [0.717, 1.165) is 37.0 Å². The van der Waals surface area contributed by atoms with E-state index in [9.17, 15) is 14.4 Å². The molecule has 0 aromatic carbocycles. The van der Waals surface area contributed by atoms with E-state index >= 15 is 0 Å². The Labute approximate surface area is 141 Å². The zero-order chi connectivity index (χ0) is 16.5. The Morgan fingerprint density at radius 3 is 1.96 bits per heavy atom. The van der Waals surface area contributed by atoms with Crippen LogP contribution in [0, 0.1) is 23.2 Å². The average molecular weight is 331 g/mol. The van der Waals surface area contributed by atoms with Crippen LogP contribution in [0.1, 0.15) is 51.4 Å². The standard InChI is InChI=1S/C18H25N3O3/c22-14-18(20-16(24)19-14)1-3-21(4-2-18)15(23)17-8-11-5-12(9-17)7-13(6-11)10-17/h11-13H,1-10H2,(H2,19,20,22,24). The van der Waals surface area contributed by atoms with Crippen LogP contribution in [-0.2, 0) is 9.59 Å². The van der Waals surface area contributed by atoms with E-state index in [4.69, 9.17) is 0 Å². The summed E-state index contributed by atoms with van der Waals surface area (Å²) in [5, 5.41) is 5.11. The Kier molecular flexibility index (Phi) is 2.90. The molecule has 2 saturated heterocycles. The van der Waals surface area contributed by atoms with Gasteiger partial charge in [0, 0.05) is 13.1 Å². The van der Waals surface area contributed by atoms with Crippen molar-refractivity contribution in [3.8, 4) is 0 Å². The van der Waals surface area contributed by atoms with Crippen molar-refractivity contribution >= 4 is 17.8 Å². The molecule has 0 unspecified atom stereocenters. The molecule has 24 heavy (non-hydrogen) atoms. The minimum atomic E-state index is -0.782. The van der Waals surface area contributed by atoms with Crippen LogP contribution in [0.3, 0.4) is 0 Å². The van der Waals surface area contributed by atoms with Crippen LogP contribution in [0.4, 0.5) is 4.79 Å². The maximum Gasteiger partial charge on any atom is 0.322 e. The molecule has 4 saturated carbocycles. The number of nitrogens with zero attached hydrogens (tertiary/aromatic N) is 1. The van der Waals surface area contributed by atoms with Crippen molar-refractivity contribution < 1.29 is 14.4 Å². The summed E-state index contributed by atoms with van der Waals surface area (Å²) in [5.74, 6) is 2.39. The normalized spacial score (nSPS) is 42.3. The number of hydrogen-bond donors (Lipinski definition) is 2. The third kappa shape index (κ3) is 1.97. The minimum absolute atomic E-state index is 0.111. The highest BCUT2D eigenvalue weighted by Gasteiger charge is 2.57. The van der Waals surface area contributed by atoms with Crippen molar-refractivity contribution in [3.63, 3.8) is 0 Å². The fraction of sp³-hybridized carbons (Fsp3) is 0.833. The van der Waals surface area contributed by atoms with Crippen LogP contribution in [0.2, 0.25) is 0 Å². The van der Waals surface area contributed by atoms with Crippen LogP contribution in [0.15, 0.2) is 0 Å². The summed E-state index contributed by atoms with van der Waals surface area (Å²) >= 11 is 0. The van der Waals surface area contributed by atoms with E-state index in [1.807, 2.05) is 4.90 Å². The summed E-state index contributed by atoms with van der Waals surface area (Å²) in [5.41, 5.74) is -0.893. The first kappa shape index (κ1) is 14.7. The van der Waals surface area contributed by atoms with Crippen molar-refractivity contribution in [3.05, 3.63) is 0 Å². The Hall–Kier alpha value is -1.59. The zero-order valence-corrected chi connectivity index (χ0v) is 14.0. The van der Waals surface area contributed by atoms with Crippen molar-refractivity contribution in [1.29, 1.82) is 0 Å². The third-order valence-electron chi connectivity index (χ3n) is 7.41. The Bertz CT molecular complexity index is 586. The van der Waals surface area contributed by atoms with Crippen LogP contribution >= 0.6 is 0 Å². The lowest BCUT2D eigenvalue weighted by Gasteiger charge is -2.57. The van der Waals surface area contributed by atoms with E-state index in [1.54, 1.807) is 0 Å². The molecule has 2 N–H and O–H groups in total. The Morgan fingerprint density at radius 1 is 0.958 bits per heavy atom. The first-order chi connectivity index (χ1) is 11.5. The van der Waals surface area contributed by atoms with Crippen LogP contribution in [0.25, 0.3) is 0 Å². The number of urea groups is 1. The van der Waals surface area contributed by atoms with Gasteiger partial charge in [-0.3, -0.25) is 14.9 Å². The number of imide groups is 1. The molecule has 0 aromatic heterocycles. The molecule has 6 heteroatoms. The van der Waals surface area contributed by atoms with Crippen molar-refractivity contribution in [2.24, 2.45) is 23.2 Å². The molecule has 4 aliphatic carbocycles. The fourth-order valence-electron chi connectivity index (χ4n) is 6.68. The van der Waals surface area contributed by atoms with Gasteiger partial charge in [0.2, 0.25) is 5.91 Å². The Balaban J connectivity index is 1.31. The predicted octanol–water partition coefficient (Wildman–Crippen LogP) is 1.40. The molecular weight excluding hydrogens is 306 g/mol. The number of nitrogens with one attached hydrogen (secondary N) is 2. The number of carbonyl (C=O) groups is 3. The van der Waals surface area contributed by atoms with Crippen molar-refractivity contribution in [2.75, 3.05) is 13.1 Å². The molecule has 1 spiro atoms. The van der Waals surface area contributed by atoms with E-state index in [-0.39, 0.29) is 11.3 Å². The minimum Gasteiger partial charge on any atom is -0.342 e. The smallest absolute Gasteiger partial charge is 0.322 e. The van der Waals surface area contributed by atoms with Gasteiger partial charge in [0.25, 0.3) is 5.91 Å². The molecule has 0 aromatic rings. The van der Waals surface area contributed by atoms with Gasteiger partial charge < -0.3 is 10.2 Å². The second-order valence-electron chi connectivity index (χ2n) is 8.98. The molecule has 6 rings (SSSR count). The van der Waals surface area contributed by atoms with Gasteiger partial charge in [-0.05, 0) is 69.1 Å². The third-order valence-corrected chi connectivity index (χ3v) is 7.41. The maximum absolute atomic E-state index is 13.3. The summed E-state index contributed by atoms with van der Waals surface area (Å²) in [7, 11) is 0. The fourth-order valence-corrected chi connectivity index (χ4v) is 6.68. The van der Waals surface area contributed by atoms with Gasteiger partial charge in [0.05, 0.1) is 5.41 Å². The molecule has 2 aliphatic heterocycles.